The SMILES string of the molecule is Cc1sc(CNC2CCCCCCC2)cc1Br. The van der Waals surface area contributed by atoms with Crippen LogP contribution in [-0.2, 0) is 6.54 Å². The van der Waals surface area contributed by atoms with E-state index in [-0.39, 0.29) is 0 Å². The summed E-state index contributed by atoms with van der Waals surface area (Å²) in [6, 6.07) is 3.01. The summed E-state index contributed by atoms with van der Waals surface area (Å²) < 4.78 is 1.26. The fraction of sp³-hybridized carbons (Fsp3) is 0.714. The molecule has 96 valence electrons. The third kappa shape index (κ3) is 4.38. The van der Waals surface area contributed by atoms with Crippen LogP contribution in [0.15, 0.2) is 10.5 Å². The van der Waals surface area contributed by atoms with Crippen molar-refractivity contribution < 1.29 is 0 Å². The second kappa shape index (κ2) is 6.91. The van der Waals surface area contributed by atoms with Gasteiger partial charge in [0.1, 0.15) is 0 Å². The molecule has 1 nitrogen and oxygen atoms in total. The molecular weight excluding hydrogens is 294 g/mol. The Labute approximate surface area is 117 Å². The van der Waals surface area contributed by atoms with E-state index in [4.69, 9.17) is 0 Å². The zero-order valence-electron chi connectivity index (χ0n) is 10.6. The van der Waals surface area contributed by atoms with Gasteiger partial charge in [-0.1, -0.05) is 32.1 Å². The van der Waals surface area contributed by atoms with Gasteiger partial charge in [0.2, 0.25) is 0 Å². The highest BCUT2D eigenvalue weighted by atomic mass is 79.9. The van der Waals surface area contributed by atoms with E-state index in [1.165, 1.54) is 59.2 Å². The minimum Gasteiger partial charge on any atom is -0.309 e. The number of hydrogen-bond donors (Lipinski definition) is 1. The van der Waals surface area contributed by atoms with Crippen molar-refractivity contribution in [1.29, 1.82) is 0 Å². The van der Waals surface area contributed by atoms with E-state index in [0.29, 0.717) is 0 Å². The van der Waals surface area contributed by atoms with E-state index in [0.717, 1.165) is 12.6 Å². The lowest BCUT2D eigenvalue weighted by atomic mass is 9.97. The Kier molecular flexibility index (Phi) is 5.51. The summed E-state index contributed by atoms with van der Waals surface area (Å²) >= 11 is 5.49. The van der Waals surface area contributed by atoms with E-state index in [9.17, 15) is 0 Å². The van der Waals surface area contributed by atoms with Crippen LogP contribution in [0.25, 0.3) is 0 Å². The van der Waals surface area contributed by atoms with Gasteiger partial charge in [0.05, 0.1) is 0 Å². The molecule has 1 aromatic rings. The van der Waals surface area contributed by atoms with Crippen molar-refractivity contribution in [1.82, 2.24) is 5.32 Å². The Balaban J connectivity index is 1.79. The monoisotopic (exact) mass is 315 g/mol. The van der Waals surface area contributed by atoms with Gasteiger partial charge in [0.25, 0.3) is 0 Å². The van der Waals surface area contributed by atoms with Crippen LogP contribution < -0.4 is 5.32 Å². The van der Waals surface area contributed by atoms with Gasteiger partial charge in [-0.3, -0.25) is 0 Å². The van der Waals surface area contributed by atoms with E-state index in [2.05, 4.69) is 34.2 Å². The fourth-order valence-electron chi connectivity index (χ4n) is 2.51. The molecule has 17 heavy (non-hydrogen) atoms. The van der Waals surface area contributed by atoms with Crippen LogP contribution in [0.5, 0.6) is 0 Å². The van der Waals surface area contributed by atoms with Gasteiger partial charge < -0.3 is 5.32 Å². The highest BCUT2D eigenvalue weighted by Crippen LogP contribution is 2.26. The van der Waals surface area contributed by atoms with Crippen molar-refractivity contribution in [2.75, 3.05) is 0 Å². The first-order chi connectivity index (χ1) is 8.25. The molecule has 1 N–H and O–H groups in total. The molecule has 0 bridgehead atoms. The molecule has 1 fully saturated rings. The van der Waals surface area contributed by atoms with Gasteiger partial charge in [0.15, 0.2) is 0 Å². The fourth-order valence-corrected chi connectivity index (χ4v) is 4.06. The molecule has 0 amide bonds. The average molecular weight is 316 g/mol. The maximum absolute atomic E-state index is 3.74. The van der Waals surface area contributed by atoms with Crippen molar-refractivity contribution in [2.45, 2.75) is 64.5 Å². The Morgan fingerprint density at radius 1 is 1.24 bits per heavy atom. The first-order valence-electron chi connectivity index (χ1n) is 6.74. The van der Waals surface area contributed by atoms with Gasteiger partial charge in [-0.05, 0) is 41.8 Å². The number of nitrogens with one attached hydrogen (secondary N) is 1. The normalized spacial score (nSPS) is 18.9. The van der Waals surface area contributed by atoms with Crippen LogP contribution in [-0.4, -0.2) is 6.04 Å². The van der Waals surface area contributed by atoms with Crippen molar-refractivity contribution in [3.05, 3.63) is 20.3 Å². The summed E-state index contributed by atoms with van der Waals surface area (Å²) in [5.74, 6) is 0. The lowest BCUT2D eigenvalue weighted by Gasteiger charge is -2.20. The van der Waals surface area contributed by atoms with E-state index >= 15 is 0 Å². The topological polar surface area (TPSA) is 12.0 Å². The van der Waals surface area contributed by atoms with Crippen LogP contribution >= 0.6 is 27.3 Å². The summed E-state index contributed by atoms with van der Waals surface area (Å²) in [5.41, 5.74) is 0. The summed E-state index contributed by atoms with van der Waals surface area (Å²) in [6.45, 7) is 3.22. The Morgan fingerprint density at radius 3 is 2.47 bits per heavy atom. The number of aryl methyl sites for hydroxylation is 1. The number of thiophene rings is 1. The summed E-state index contributed by atoms with van der Waals surface area (Å²) in [6.07, 6.45) is 9.86. The maximum atomic E-state index is 3.74. The molecule has 3 heteroatoms. The average Bonchev–Trinajstić information content (AvgIpc) is 2.57. The van der Waals surface area contributed by atoms with Crippen molar-refractivity contribution >= 4 is 27.3 Å². The van der Waals surface area contributed by atoms with Gasteiger partial charge >= 0.3 is 0 Å². The highest BCUT2D eigenvalue weighted by Gasteiger charge is 2.11. The first kappa shape index (κ1) is 13.6. The quantitative estimate of drug-likeness (QED) is 0.825. The van der Waals surface area contributed by atoms with Gasteiger partial charge in [-0.2, -0.15) is 0 Å². The largest absolute Gasteiger partial charge is 0.309 e. The molecule has 1 heterocycles. The minimum atomic E-state index is 0.747. The Bertz CT molecular complexity index is 320. The smallest absolute Gasteiger partial charge is 0.0314 e. The second-order valence-electron chi connectivity index (χ2n) is 5.04. The lowest BCUT2D eigenvalue weighted by Crippen LogP contribution is -2.28. The van der Waals surface area contributed by atoms with Crippen LogP contribution in [0.1, 0.15) is 54.7 Å². The molecule has 1 saturated carbocycles. The standard InChI is InChI=1S/C14H22BrNS/c1-11-14(15)9-13(17-11)10-16-12-7-5-3-2-4-6-8-12/h9,12,16H,2-8,10H2,1H3. The van der Waals surface area contributed by atoms with Crippen LogP contribution in [0.4, 0.5) is 0 Å². The molecule has 0 aromatic carbocycles. The van der Waals surface area contributed by atoms with E-state index in [1.807, 2.05) is 11.3 Å². The van der Waals surface area contributed by atoms with Crippen molar-refractivity contribution in [2.24, 2.45) is 0 Å². The molecule has 1 aliphatic rings. The molecule has 1 aromatic heterocycles. The molecule has 1 aliphatic carbocycles. The molecule has 0 unspecified atom stereocenters. The minimum absolute atomic E-state index is 0.747. The Hall–Kier alpha value is 0.140. The third-order valence-electron chi connectivity index (χ3n) is 3.58. The molecule has 2 rings (SSSR count). The molecule has 0 atom stereocenters. The summed E-state index contributed by atoms with van der Waals surface area (Å²) in [5, 5.41) is 3.74. The highest BCUT2D eigenvalue weighted by molar-refractivity contribution is 9.10. The van der Waals surface area contributed by atoms with E-state index in [1.54, 1.807) is 0 Å². The molecule has 0 spiro atoms. The lowest BCUT2D eigenvalue weighted by molar-refractivity contribution is 0.390. The van der Waals surface area contributed by atoms with Gasteiger partial charge in [0, 0.05) is 26.8 Å². The Morgan fingerprint density at radius 2 is 1.88 bits per heavy atom. The summed E-state index contributed by atoms with van der Waals surface area (Å²) in [7, 11) is 0. The van der Waals surface area contributed by atoms with Crippen LogP contribution in [0, 0.1) is 6.92 Å². The number of halogens is 1. The maximum Gasteiger partial charge on any atom is 0.0314 e. The van der Waals surface area contributed by atoms with Crippen molar-refractivity contribution in [3.63, 3.8) is 0 Å². The van der Waals surface area contributed by atoms with Crippen LogP contribution in [0.3, 0.4) is 0 Å². The second-order valence-corrected chi connectivity index (χ2v) is 7.23. The van der Waals surface area contributed by atoms with E-state index < -0.39 is 0 Å². The molecule has 0 saturated heterocycles. The zero-order valence-corrected chi connectivity index (χ0v) is 13.0. The predicted molar refractivity (Wildman–Crippen MR) is 79.7 cm³/mol. The van der Waals surface area contributed by atoms with Crippen molar-refractivity contribution in [3.8, 4) is 0 Å². The molecule has 0 radical (unpaired) electrons. The van der Waals surface area contributed by atoms with Gasteiger partial charge in [-0.15, -0.1) is 11.3 Å². The molecule has 0 aliphatic heterocycles. The predicted octanol–water partition coefficient (Wildman–Crippen LogP) is 5.02. The molecular formula is C14H22BrNS. The van der Waals surface area contributed by atoms with Gasteiger partial charge in [-0.25, -0.2) is 0 Å². The zero-order chi connectivity index (χ0) is 12.1. The first-order valence-corrected chi connectivity index (χ1v) is 8.35. The number of hydrogen-bond acceptors (Lipinski definition) is 2. The summed E-state index contributed by atoms with van der Waals surface area (Å²) in [4.78, 5) is 2.84. The van der Waals surface area contributed by atoms with Crippen LogP contribution in [0.2, 0.25) is 0 Å². The third-order valence-corrected chi connectivity index (χ3v) is 5.71. The number of rotatable bonds is 3.